The van der Waals surface area contributed by atoms with Crippen molar-refractivity contribution in [3.63, 3.8) is 0 Å². The van der Waals surface area contributed by atoms with Crippen LogP contribution in [0.4, 0.5) is 17.6 Å². The number of nitrogens with two attached hydrogens (primary N) is 2. The van der Waals surface area contributed by atoms with Crippen LogP contribution in [0.3, 0.4) is 0 Å². The Morgan fingerprint density at radius 2 is 2.07 bits per heavy atom. The standard InChI is InChI=1S/C8H14N6/c9-8-12-6(3-7(13-8)14-10)11-4-5-1-2-5/h3,5H,1-2,4,10H2,(H4,9,11,12,13,14). The number of rotatable bonds is 4. The van der Waals surface area contributed by atoms with E-state index in [4.69, 9.17) is 11.6 Å². The minimum atomic E-state index is 0.221. The van der Waals surface area contributed by atoms with Gasteiger partial charge in [-0.3, -0.25) is 0 Å². The lowest BCUT2D eigenvalue weighted by atomic mass is 10.4. The first-order chi connectivity index (χ1) is 6.78. The Labute approximate surface area is 82.1 Å². The van der Waals surface area contributed by atoms with E-state index in [1.54, 1.807) is 6.07 Å². The van der Waals surface area contributed by atoms with Crippen molar-refractivity contribution in [2.24, 2.45) is 11.8 Å². The van der Waals surface area contributed by atoms with Crippen molar-refractivity contribution in [1.29, 1.82) is 0 Å². The molecular formula is C8H14N6. The minimum absolute atomic E-state index is 0.221. The van der Waals surface area contributed by atoms with Crippen molar-refractivity contribution < 1.29 is 0 Å². The molecule has 0 unspecified atom stereocenters. The summed E-state index contributed by atoms with van der Waals surface area (Å²) in [7, 11) is 0. The molecule has 6 heteroatoms. The molecule has 1 aromatic heterocycles. The van der Waals surface area contributed by atoms with Gasteiger partial charge in [0, 0.05) is 12.6 Å². The number of nitrogens with one attached hydrogen (secondary N) is 2. The topological polar surface area (TPSA) is 102 Å². The highest BCUT2D eigenvalue weighted by Crippen LogP contribution is 2.28. The summed E-state index contributed by atoms with van der Waals surface area (Å²) in [5.74, 6) is 7.49. The van der Waals surface area contributed by atoms with E-state index in [2.05, 4.69) is 20.7 Å². The van der Waals surface area contributed by atoms with Crippen LogP contribution < -0.4 is 22.3 Å². The molecule has 1 fully saturated rings. The van der Waals surface area contributed by atoms with Gasteiger partial charge in [-0.15, -0.1) is 0 Å². The molecular weight excluding hydrogens is 180 g/mol. The maximum Gasteiger partial charge on any atom is 0.223 e. The lowest BCUT2D eigenvalue weighted by molar-refractivity contribution is 0.882. The summed E-state index contributed by atoms with van der Waals surface area (Å²) in [6.07, 6.45) is 2.60. The molecule has 14 heavy (non-hydrogen) atoms. The Hall–Kier alpha value is -1.56. The van der Waals surface area contributed by atoms with Crippen LogP contribution >= 0.6 is 0 Å². The van der Waals surface area contributed by atoms with Gasteiger partial charge in [0.25, 0.3) is 0 Å². The third kappa shape index (κ3) is 2.23. The largest absolute Gasteiger partial charge is 0.370 e. The van der Waals surface area contributed by atoms with Crippen molar-refractivity contribution in [3.8, 4) is 0 Å². The van der Waals surface area contributed by atoms with E-state index in [0.717, 1.165) is 18.3 Å². The Kier molecular flexibility index (Phi) is 2.36. The average molecular weight is 194 g/mol. The molecule has 1 aliphatic rings. The van der Waals surface area contributed by atoms with Crippen molar-refractivity contribution >= 4 is 17.6 Å². The predicted molar refractivity (Wildman–Crippen MR) is 55.5 cm³/mol. The minimum Gasteiger partial charge on any atom is -0.370 e. The third-order valence-corrected chi connectivity index (χ3v) is 2.16. The van der Waals surface area contributed by atoms with Gasteiger partial charge in [-0.05, 0) is 18.8 Å². The summed E-state index contributed by atoms with van der Waals surface area (Å²) in [6.45, 7) is 0.945. The molecule has 1 aliphatic carbocycles. The second-order valence-corrected chi connectivity index (χ2v) is 3.47. The highest BCUT2D eigenvalue weighted by Gasteiger charge is 2.20. The fraction of sp³-hybridized carbons (Fsp3) is 0.500. The molecule has 0 aromatic carbocycles. The van der Waals surface area contributed by atoms with Gasteiger partial charge in [0.1, 0.15) is 11.6 Å². The summed E-state index contributed by atoms with van der Waals surface area (Å²) in [5, 5.41) is 3.20. The van der Waals surface area contributed by atoms with Crippen LogP contribution in [0, 0.1) is 5.92 Å². The van der Waals surface area contributed by atoms with Gasteiger partial charge in [0.05, 0.1) is 0 Å². The van der Waals surface area contributed by atoms with Gasteiger partial charge >= 0.3 is 0 Å². The maximum atomic E-state index is 5.50. The lowest BCUT2D eigenvalue weighted by Crippen LogP contribution is -2.12. The highest BCUT2D eigenvalue weighted by molar-refractivity contribution is 5.50. The molecule has 0 atom stereocenters. The van der Waals surface area contributed by atoms with Gasteiger partial charge in [-0.2, -0.15) is 9.97 Å². The lowest BCUT2D eigenvalue weighted by Gasteiger charge is -2.06. The average Bonchev–Trinajstić information content (AvgIpc) is 2.97. The molecule has 1 heterocycles. The summed E-state index contributed by atoms with van der Waals surface area (Å²) in [5.41, 5.74) is 7.94. The number of anilines is 3. The zero-order valence-corrected chi connectivity index (χ0v) is 7.83. The van der Waals surface area contributed by atoms with E-state index in [9.17, 15) is 0 Å². The molecule has 0 radical (unpaired) electrons. The first kappa shape index (κ1) is 9.01. The second-order valence-electron chi connectivity index (χ2n) is 3.47. The first-order valence-corrected chi connectivity index (χ1v) is 4.63. The molecule has 0 aliphatic heterocycles. The summed E-state index contributed by atoms with van der Waals surface area (Å²) < 4.78 is 0. The summed E-state index contributed by atoms with van der Waals surface area (Å²) in [6, 6.07) is 1.73. The molecule has 1 aromatic rings. The SMILES string of the molecule is NNc1cc(NCC2CC2)nc(N)n1. The Balaban J connectivity index is 2.03. The normalized spacial score (nSPS) is 15.2. The molecule has 0 saturated heterocycles. The molecule has 2 rings (SSSR count). The van der Waals surface area contributed by atoms with Crippen LogP contribution in [0.5, 0.6) is 0 Å². The molecule has 6 nitrogen and oxygen atoms in total. The van der Waals surface area contributed by atoms with E-state index in [1.807, 2.05) is 0 Å². The number of aromatic nitrogens is 2. The van der Waals surface area contributed by atoms with Gasteiger partial charge in [0.2, 0.25) is 5.95 Å². The molecule has 76 valence electrons. The Morgan fingerprint density at radius 3 is 2.71 bits per heavy atom. The van der Waals surface area contributed by atoms with E-state index in [1.165, 1.54) is 12.8 Å². The third-order valence-electron chi connectivity index (χ3n) is 2.16. The van der Waals surface area contributed by atoms with Crippen molar-refractivity contribution in [2.45, 2.75) is 12.8 Å². The van der Waals surface area contributed by atoms with Crippen molar-refractivity contribution in [3.05, 3.63) is 6.07 Å². The quantitative estimate of drug-likeness (QED) is 0.402. The van der Waals surface area contributed by atoms with Gasteiger partial charge < -0.3 is 16.5 Å². The van der Waals surface area contributed by atoms with E-state index < -0.39 is 0 Å². The smallest absolute Gasteiger partial charge is 0.223 e. The van der Waals surface area contributed by atoms with Crippen molar-refractivity contribution in [1.82, 2.24) is 9.97 Å². The molecule has 1 saturated carbocycles. The van der Waals surface area contributed by atoms with Crippen LogP contribution in [0.15, 0.2) is 6.07 Å². The summed E-state index contributed by atoms with van der Waals surface area (Å²) in [4.78, 5) is 7.93. The second kappa shape index (κ2) is 3.67. The Morgan fingerprint density at radius 1 is 1.36 bits per heavy atom. The predicted octanol–water partition coefficient (Wildman–Crippen LogP) is 0.166. The monoisotopic (exact) mass is 194 g/mol. The number of nitrogen functional groups attached to an aromatic ring is 2. The van der Waals surface area contributed by atoms with Gasteiger partial charge in [0.15, 0.2) is 0 Å². The number of hydrogen-bond acceptors (Lipinski definition) is 6. The molecule has 6 N–H and O–H groups in total. The van der Waals surface area contributed by atoms with E-state index >= 15 is 0 Å². The number of hydrogen-bond donors (Lipinski definition) is 4. The maximum absolute atomic E-state index is 5.50. The fourth-order valence-corrected chi connectivity index (χ4v) is 1.20. The summed E-state index contributed by atoms with van der Waals surface area (Å²) >= 11 is 0. The van der Waals surface area contributed by atoms with Crippen LogP contribution in [-0.4, -0.2) is 16.5 Å². The van der Waals surface area contributed by atoms with Crippen LogP contribution in [0.2, 0.25) is 0 Å². The van der Waals surface area contributed by atoms with Gasteiger partial charge in [-0.25, -0.2) is 5.84 Å². The highest BCUT2D eigenvalue weighted by atomic mass is 15.3. The molecule has 0 amide bonds. The van der Waals surface area contributed by atoms with E-state index in [0.29, 0.717) is 5.82 Å². The molecule has 0 bridgehead atoms. The van der Waals surface area contributed by atoms with E-state index in [-0.39, 0.29) is 5.95 Å². The zero-order valence-electron chi connectivity index (χ0n) is 7.83. The van der Waals surface area contributed by atoms with Crippen LogP contribution in [0.1, 0.15) is 12.8 Å². The fourth-order valence-electron chi connectivity index (χ4n) is 1.20. The number of hydrazine groups is 1. The van der Waals surface area contributed by atoms with Crippen LogP contribution in [-0.2, 0) is 0 Å². The van der Waals surface area contributed by atoms with Crippen LogP contribution in [0.25, 0.3) is 0 Å². The number of nitrogens with zero attached hydrogens (tertiary/aromatic N) is 2. The zero-order chi connectivity index (χ0) is 9.97. The van der Waals surface area contributed by atoms with Gasteiger partial charge in [-0.1, -0.05) is 0 Å². The Bertz CT molecular complexity index is 322. The van der Waals surface area contributed by atoms with Crippen molar-refractivity contribution in [2.75, 3.05) is 23.0 Å². The first-order valence-electron chi connectivity index (χ1n) is 4.63. The molecule has 0 spiro atoms.